The van der Waals surface area contributed by atoms with Crippen LogP contribution in [0.3, 0.4) is 0 Å². The zero-order valence-corrected chi connectivity index (χ0v) is 11.4. The number of carbonyl (C=O) groups is 1. The molecule has 100 valence electrons. The highest BCUT2D eigenvalue weighted by Gasteiger charge is 2.38. The highest BCUT2D eigenvalue weighted by atomic mass is 32.2. The molecule has 1 atom stereocenters. The van der Waals surface area contributed by atoms with Gasteiger partial charge in [0.15, 0.2) is 0 Å². The van der Waals surface area contributed by atoms with Crippen molar-refractivity contribution in [3.8, 4) is 0 Å². The van der Waals surface area contributed by atoms with E-state index in [0.29, 0.717) is 6.42 Å². The van der Waals surface area contributed by atoms with Gasteiger partial charge in [-0.15, -0.1) is 0 Å². The summed E-state index contributed by atoms with van der Waals surface area (Å²) >= 11 is 0. The van der Waals surface area contributed by atoms with Gasteiger partial charge in [0, 0.05) is 0 Å². The van der Waals surface area contributed by atoms with Crippen LogP contribution in [0.5, 0.6) is 0 Å². The zero-order valence-electron chi connectivity index (χ0n) is 10.6. The summed E-state index contributed by atoms with van der Waals surface area (Å²) in [6.45, 7) is 5.87. The minimum Gasteiger partial charge on any atom is -0.480 e. The third kappa shape index (κ3) is 5.50. The number of carboxylic acids is 1. The van der Waals surface area contributed by atoms with Crippen molar-refractivity contribution >= 4 is 16.0 Å². The molecular formula is C11H21NO4S. The molecule has 0 heterocycles. The van der Waals surface area contributed by atoms with Crippen molar-refractivity contribution in [2.24, 2.45) is 11.3 Å². The minimum atomic E-state index is -3.49. The summed E-state index contributed by atoms with van der Waals surface area (Å²) in [5.41, 5.74) is -0.0763. The molecule has 6 heteroatoms. The first-order chi connectivity index (χ1) is 7.61. The SMILES string of the molecule is CC(C)(C)CCS(=O)(=O)NC(C(=O)O)C1CC1. The van der Waals surface area contributed by atoms with Crippen molar-refractivity contribution in [1.82, 2.24) is 4.72 Å². The molecule has 0 aliphatic heterocycles. The van der Waals surface area contributed by atoms with Crippen LogP contribution < -0.4 is 4.72 Å². The fourth-order valence-electron chi connectivity index (χ4n) is 1.47. The lowest BCUT2D eigenvalue weighted by Gasteiger charge is -2.19. The quantitative estimate of drug-likeness (QED) is 0.754. The average Bonchev–Trinajstić information content (AvgIpc) is 2.93. The third-order valence-electron chi connectivity index (χ3n) is 2.79. The lowest BCUT2D eigenvalue weighted by Crippen LogP contribution is -2.43. The molecule has 1 aliphatic carbocycles. The Kier molecular flexibility index (Phi) is 4.19. The number of nitrogens with one attached hydrogen (secondary N) is 1. The maximum absolute atomic E-state index is 11.7. The average molecular weight is 263 g/mol. The standard InChI is InChI=1S/C11H21NO4S/c1-11(2,3)6-7-17(15,16)12-9(10(13)14)8-4-5-8/h8-9,12H,4-7H2,1-3H3,(H,13,14). The van der Waals surface area contributed by atoms with Crippen LogP contribution in [0.2, 0.25) is 0 Å². The predicted octanol–water partition coefficient (Wildman–Crippen LogP) is 1.21. The largest absolute Gasteiger partial charge is 0.480 e. The molecule has 0 bridgehead atoms. The molecule has 0 spiro atoms. The van der Waals surface area contributed by atoms with Gasteiger partial charge >= 0.3 is 5.97 Å². The first-order valence-corrected chi connectivity index (χ1v) is 7.49. The van der Waals surface area contributed by atoms with Crippen molar-refractivity contribution in [2.45, 2.75) is 46.1 Å². The zero-order chi connectivity index (χ0) is 13.3. The lowest BCUT2D eigenvalue weighted by atomic mass is 9.94. The highest BCUT2D eigenvalue weighted by molar-refractivity contribution is 7.89. The summed E-state index contributed by atoms with van der Waals surface area (Å²) in [5.74, 6) is -1.13. The molecule has 0 radical (unpaired) electrons. The first kappa shape index (κ1) is 14.4. The Morgan fingerprint density at radius 1 is 1.41 bits per heavy atom. The molecule has 0 aromatic carbocycles. The summed E-state index contributed by atoms with van der Waals surface area (Å²) in [6.07, 6.45) is 2.09. The molecular weight excluding hydrogens is 242 g/mol. The maximum atomic E-state index is 11.7. The number of carboxylic acid groups (broad SMARTS) is 1. The van der Waals surface area contributed by atoms with Gasteiger partial charge in [0.05, 0.1) is 5.75 Å². The maximum Gasteiger partial charge on any atom is 0.322 e. The number of rotatable bonds is 6. The van der Waals surface area contributed by atoms with Gasteiger partial charge in [-0.25, -0.2) is 13.1 Å². The van der Waals surface area contributed by atoms with Crippen molar-refractivity contribution in [3.63, 3.8) is 0 Å². The third-order valence-corrected chi connectivity index (χ3v) is 4.14. The Bertz CT molecular complexity index is 379. The van der Waals surface area contributed by atoms with E-state index in [-0.39, 0.29) is 17.1 Å². The Labute approximate surface area is 103 Å². The van der Waals surface area contributed by atoms with E-state index >= 15 is 0 Å². The smallest absolute Gasteiger partial charge is 0.322 e. The highest BCUT2D eigenvalue weighted by Crippen LogP contribution is 2.33. The fourth-order valence-corrected chi connectivity index (χ4v) is 3.15. The number of sulfonamides is 1. The molecule has 17 heavy (non-hydrogen) atoms. The second-order valence-corrected chi connectivity index (χ2v) is 7.77. The molecule has 0 saturated heterocycles. The van der Waals surface area contributed by atoms with E-state index in [1.165, 1.54) is 0 Å². The van der Waals surface area contributed by atoms with Gasteiger partial charge in [-0.2, -0.15) is 0 Å². The van der Waals surface area contributed by atoms with Crippen molar-refractivity contribution in [3.05, 3.63) is 0 Å². The monoisotopic (exact) mass is 263 g/mol. The fraction of sp³-hybridized carbons (Fsp3) is 0.909. The number of hydrogen-bond donors (Lipinski definition) is 2. The van der Waals surface area contributed by atoms with E-state index in [1.807, 2.05) is 20.8 Å². The van der Waals surface area contributed by atoms with Crippen LogP contribution >= 0.6 is 0 Å². The Morgan fingerprint density at radius 2 is 1.94 bits per heavy atom. The van der Waals surface area contributed by atoms with Crippen LogP contribution in [0.4, 0.5) is 0 Å². The molecule has 0 aromatic rings. The summed E-state index contributed by atoms with van der Waals surface area (Å²) in [7, 11) is -3.49. The Morgan fingerprint density at radius 3 is 2.29 bits per heavy atom. The molecule has 1 unspecified atom stereocenters. The molecule has 0 amide bonds. The summed E-state index contributed by atoms with van der Waals surface area (Å²) in [4.78, 5) is 10.9. The predicted molar refractivity (Wildman–Crippen MR) is 65.1 cm³/mol. The van der Waals surface area contributed by atoms with Gasteiger partial charge in [0.1, 0.15) is 6.04 Å². The lowest BCUT2D eigenvalue weighted by molar-refractivity contribution is -0.139. The molecule has 1 fully saturated rings. The Balaban J connectivity index is 2.55. The van der Waals surface area contributed by atoms with Gasteiger partial charge in [-0.3, -0.25) is 4.79 Å². The summed E-state index contributed by atoms with van der Waals surface area (Å²) in [6, 6.07) is -0.944. The first-order valence-electron chi connectivity index (χ1n) is 5.83. The van der Waals surface area contributed by atoms with Gasteiger partial charge in [-0.1, -0.05) is 20.8 Å². The minimum absolute atomic E-state index is 0.0208. The van der Waals surface area contributed by atoms with Crippen LogP contribution in [0.15, 0.2) is 0 Å². The van der Waals surface area contributed by atoms with Crippen molar-refractivity contribution in [1.29, 1.82) is 0 Å². The van der Waals surface area contributed by atoms with E-state index in [1.54, 1.807) is 0 Å². The van der Waals surface area contributed by atoms with Crippen LogP contribution in [0.25, 0.3) is 0 Å². The normalized spacial score (nSPS) is 19.0. The topological polar surface area (TPSA) is 83.5 Å². The van der Waals surface area contributed by atoms with Crippen LogP contribution in [0.1, 0.15) is 40.0 Å². The molecule has 1 aliphatic rings. The molecule has 5 nitrogen and oxygen atoms in total. The van der Waals surface area contributed by atoms with E-state index in [4.69, 9.17) is 5.11 Å². The second kappa shape index (κ2) is 4.94. The number of hydrogen-bond acceptors (Lipinski definition) is 3. The van der Waals surface area contributed by atoms with Crippen molar-refractivity contribution in [2.75, 3.05) is 5.75 Å². The van der Waals surface area contributed by atoms with E-state index in [2.05, 4.69) is 4.72 Å². The molecule has 0 aromatic heterocycles. The van der Waals surface area contributed by atoms with E-state index in [0.717, 1.165) is 12.8 Å². The van der Waals surface area contributed by atoms with E-state index in [9.17, 15) is 13.2 Å². The van der Waals surface area contributed by atoms with Gasteiger partial charge in [-0.05, 0) is 30.6 Å². The Hall–Kier alpha value is -0.620. The molecule has 2 N–H and O–H groups in total. The van der Waals surface area contributed by atoms with Gasteiger partial charge < -0.3 is 5.11 Å². The van der Waals surface area contributed by atoms with Crippen LogP contribution in [0, 0.1) is 11.3 Å². The van der Waals surface area contributed by atoms with Gasteiger partial charge in [0.2, 0.25) is 10.0 Å². The van der Waals surface area contributed by atoms with Crippen LogP contribution in [-0.2, 0) is 14.8 Å². The molecule has 1 saturated carbocycles. The van der Waals surface area contributed by atoms with Crippen molar-refractivity contribution < 1.29 is 18.3 Å². The molecule has 1 rings (SSSR count). The van der Waals surface area contributed by atoms with E-state index < -0.39 is 22.0 Å². The van der Waals surface area contributed by atoms with Crippen LogP contribution in [-0.4, -0.2) is 31.3 Å². The summed E-state index contributed by atoms with van der Waals surface area (Å²) < 4.78 is 25.8. The number of aliphatic carboxylic acids is 1. The second-order valence-electron chi connectivity index (χ2n) is 5.90. The summed E-state index contributed by atoms with van der Waals surface area (Å²) in [5, 5.41) is 8.95. The van der Waals surface area contributed by atoms with Gasteiger partial charge in [0.25, 0.3) is 0 Å².